The zero-order valence-electron chi connectivity index (χ0n) is 19.9. The zero-order chi connectivity index (χ0) is 24.3. The van der Waals surface area contributed by atoms with Crippen LogP contribution in [0.15, 0.2) is 12.2 Å². The van der Waals surface area contributed by atoms with E-state index >= 15 is 0 Å². The van der Waals surface area contributed by atoms with Crippen LogP contribution in [-0.2, 0) is 42.1 Å². The molecule has 0 aliphatic carbocycles. The molecule has 0 saturated carbocycles. The second-order valence-corrected chi connectivity index (χ2v) is 8.74. The largest absolute Gasteiger partial charge is 0.756 e. The SMILES string of the molecule is C=C(C)C(=O)OC(OCC)(OCC)C(OCC)(OCC)OP(=O)([O-])OCC[N+](C)(C)C. The molecule has 0 fully saturated rings. The molecule has 0 aliphatic heterocycles. The average molecular weight is 471 g/mol. The van der Waals surface area contributed by atoms with Gasteiger partial charge < -0.3 is 37.6 Å². The molecule has 0 spiro atoms. The lowest BCUT2D eigenvalue weighted by Gasteiger charge is -2.46. The van der Waals surface area contributed by atoms with E-state index in [1.165, 1.54) is 6.92 Å². The Morgan fingerprint density at radius 3 is 1.71 bits per heavy atom. The van der Waals surface area contributed by atoms with Crippen molar-refractivity contribution in [3.8, 4) is 0 Å². The molecule has 0 N–H and O–H groups in total. The lowest BCUT2D eigenvalue weighted by atomic mass is 10.3. The highest BCUT2D eigenvalue weighted by atomic mass is 31.2. The standard InChI is InChI=1S/C19H38NO10P/c1-10-24-18(25-11-2,29-17(21)16(5)6)19(26-12-3,27-13-4)30-31(22,23)28-15-14-20(7,8)9/h5,10-15H2,1-4,6-9H3. The maximum atomic E-state index is 12.7. The number of hydrogen-bond acceptors (Lipinski definition) is 10. The van der Waals surface area contributed by atoms with E-state index in [-0.39, 0.29) is 38.6 Å². The van der Waals surface area contributed by atoms with Crippen LogP contribution in [0.2, 0.25) is 0 Å². The fourth-order valence-corrected chi connectivity index (χ4v) is 3.11. The van der Waals surface area contributed by atoms with Crippen LogP contribution >= 0.6 is 7.82 Å². The maximum Gasteiger partial charge on any atom is 0.417 e. The van der Waals surface area contributed by atoms with Gasteiger partial charge in [-0.15, -0.1) is 0 Å². The third-order valence-corrected chi connectivity index (χ3v) is 4.49. The van der Waals surface area contributed by atoms with Gasteiger partial charge in [0.05, 0.1) is 47.6 Å². The minimum Gasteiger partial charge on any atom is -0.756 e. The van der Waals surface area contributed by atoms with Gasteiger partial charge in [0.25, 0.3) is 7.82 Å². The van der Waals surface area contributed by atoms with E-state index in [1.54, 1.807) is 27.7 Å². The van der Waals surface area contributed by atoms with Gasteiger partial charge in [0.1, 0.15) is 13.2 Å². The number of nitrogens with zero attached hydrogens (tertiary/aromatic N) is 1. The predicted molar refractivity (Wildman–Crippen MR) is 110 cm³/mol. The first kappa shape index (κ1) is 30.1. The van der Waals surface area contributed by atoms with E-state index in [9.17, 15) is 14.3 Å². The Bertz CT molecular complexity index is 607. The average Bonchev–Trinajstić information content (AvgIpc) is 2.60. The molecule has 184 valence electrons. The maximum absolute atomic E-state index is 12.7. The van der Waals surface area contributed by atoms with Crippen LogP contribution in [0.3, 0.4) is 0 Å². The number of carbonyl (C=O) groups is 1. The van der Waals surface area contributed by atoms with Gasteiger partial charge in [0.2, 0.25) is 0 Å². The molecule has 0 aromatic rings. The summed E-state index contributed by atoms with van der Waals surface area (Å²) >= 11 is 0. The van der Waals surface area contributed by atoms with E-state index in [4.69, 9.17) is 32.7 Å². The first-order valence-electron chi connectivity index (χ1n) is 10.1. The molecular weight excluding hydrogens is 433 g/mol. The molecule has 0 radical (unpaired) electrons. The van der Waals surface area contributed by atoms with Crippen LogP contribution in [0, 0.1) is 0 Å². The van der Waals surface area contributed by atoms with E-state index in [0.29, 0.717) is 11.0 Å². The molecule has 0 aliphatic rings. The quantitative estimate of drug-likeness (QED) is 0.102. The molecule has 1 unspecified atom stereocenters. The van der Waals surface area contributed by atoms with Gasteiger partial charge in [-0.3, -0.25) is 9.09 Å². The van der Waals surface area contributed by atoms with Crippen molar-refractivity contribution in [3.05, 3.63) is 12.2 Å². The summed E-state index contributed by atoms with van der Waals surface area (Å²) in [6.45, 7) is 11.1. The number of quaternary nitrogens is 1. The summed E-state index contributed by atoms with van der Waals surface area (Å²) in [6, 6.07) is 0. The molecule has 0 saturated heterocycles. The van der Waals surface area contributed by atoms with Gasteiger partial charge in [-0.1, -0.05) is 6.58 Å². The third-order valence-electron chi connectivity index (χ3n) is 3.53. The van der Waals surface area contributed by atoms with Gasteiger partial charge in [0, 0.05) is 5.57 Å². The molecule has 0 bridgehead atoms. The van der Waals surface area contributed by atoms with Crippen molar-refractivity contribution < 1.29 is 51.5 Å². The molecule has 0 aromatic carbocycles. The summed E-state index contributed by atoms with van der Waals surface area (Å²) < 4.78 is 51.0. The molecule has 31 heavy (non-hydrogen) atoms. The number of phosphoric ester groups is 1. The number of likely N-dealkylation sites (N-methyl/N-ethyl adjacent to an activating group) is 1. The van der Waals surface area contributed by atoms with Crippen LogP contribution < -0.4 is 4.89 Å². The number of rotatable bonds is 17. The molecule has 11 nitrogen and oxygen atoms in total. The Kier molecular flexibility index (Phi) is 12.6. The summed E-state index contributed by atoms with van der Waals surface area (Å²) in [5.74, 6) is -6.09. The summed E-state index contributed by atoms with van der Waals surface area (Å²) in [6.07, 6.45) is 0. The topological polar surface area (TPSA) is 122 Å². The van der Waals surface area contributed by atoms with Crippen molar-refractivity contribution in [2.24, 2.45) is 0 Å². The van der Waals surface area contributed by atoms with E-state index < -0.39 is 25.7 Å². The molecular formula is C19H38NO10P. The van der Waals surface area contributed by atoms with Gasteiger partial charge in [-0.2, -0.15) is 0 Å². The highest BCUT2D eigenvalue weighted by Gasteiger charge is 2.65. The number of phosphoric acid groups is 1. The summed E-state index contributed by atoms with van der Waals surface area (Å²) in [5.41, 5.74) is 0.00943. The third kappa shape index (κ3) is 9.65. The summed E-state index contributed by atoms with van der Waals surface area (Å²) in [4.78, 5) is 25.1. The molecule has 0 aromatic heterocycles. The second-order valence-electron chi connectivity index (χ2n) is 7.40. The second kappa shape index (κ2) is 13.0. The van der Waals surface area contributed by atoms with Crippen molar-refractivity contribution in [1.29, 1.82) is 0 Å². The van der Waals surface area contributed by atoms with Crippen molar-refractivity contribution >= 4 is 13.8 Å². The van der Waals surface area contributed by atoms with Crippen molar-refractivity contribution in [3.63, 3.8) is 0 Å². The highest BCUT2D eigenvalue weighted by molar-refractivity contribution is 7.45. The Morgan fingerprint density at radius 1 is 0.935 bits per heavy atom. The van der Waals surface area contributed by atoms with Crippen LogP contribution in [0.25, 0.3) is 0 Å². The summed E-state index contributed by atoms with van der Waals surface area (Å²) in [7, 11) is 0.562. The lowest BCUT2D eigenvalue weighted by molar-refractivity contribution is -0.870. The Balaban J connectivity index is 6.31. The van der Waals surface area contributed by atoms with Crippen molar-refractivity contribution in [2.45, 2.75) is 46.6 Å². The summed E-state index contributed by atoms with van der Waals surface area (Å²) in [5, 5.41) is 0. The number of ether oxygens (including phenoxy) is 5. The number of esters is 1. The highest BCUT2D eigenvalue weighted by Crippen LogP contribution is 2.49. The Morgan fingerprint density at radius 2 is 1.35 bits per heavy atom. The van der Waals surface area contributed by atoms with E-state index in [0.717, 1.165) is 0 Å². The minimum atomic E-state index is -5.05. The van der Waals surface area contributed by atoms with Crippen LogP contribution in [0.5, 0.6) is 0 Å². The van der Waals surface area contributed by atoms with Gasteiger partial charge in [-0.25, -0.2) is 4.79 Å². The Hall–Kier alpha value is -0.880. The molecule has 1 atom stereocenters. The van der Waals surface area contributed by atoms with Gasteiger partial charge in [0.15, 0.2) is 0 Å². The molecule has 12 heteroatoms. The zero-order valence-corrected chi connectivity index (χ0v) is 20.8. The number of hydrogen-bond donors (Lipinski definition) is 0. The molecule has 0 amide bonds. The van der Waals surface area contributed by atoms with Crippen LogP contribution in [0.4, 0.5) is 0 Å². The van der Waals surface area contributed by atoms with Crippen molar-refractivity contribution in [2.75, 3.05) is 60.7 Å². The Labute approximate surface area is 185 Å². The van der Waals surface area contributed by atoms with Gasteiger partial charge >= 0.3 is 17.9 Å². The fraction of sp³-hybridized carbons (Fsp3) is 0.842. The minimum absolute atomic E-state index is 0.00943. The smallest absolute Gasteiger partial charge is 0.417 e. The first-order chi connectivity index (χ1) is 14.2. The molecule has 0 rings (SSSR count). The number of carbonyl (C=O) groups excluding carboxylic acids is 1. The van der Waals surface area contributed by atoms with Crippen LogP contribution in [-0.4, -0.2) is 83.1 Å². The van der Waals surface area contributed by atoms with E-state index in [1.807, 2.05) is 21.1 Å². The van der Waals surface area contributed by atoms with Crippen molar-refractivity contribution in [1.82, 2.24) is 0 Å². The predicted octanol–water partition coefficient (Wildman–Crippen LogP) is 1.77. The fourth-order valence-electron chi connectivity index (χ4n) is 2.24. The lowest BCUT2D eigenvalue weighted by Crippen LogP contribution is -2.64. The van der Waals surface area contributed by atoms with Gasteiger partial charge in [-0.05, 0) is 34.6 Å². The van der Waals surface area contributed by atoms with Crippen LogP contribution in [0.1, 0.15) is 34.6 Å². The molecule has 0 heterocycles. The monoisotopic (exact) mass is 471 g/mol. The first-order valence-corrected chi connectivity index (χ1v) is 11.6. The normalized spacial score (nSPS) is 14.9. The van der Waals surface area contributed by atoms with E-state index in [2.05, 4.69) is 6.58 Å².